The van der Waals surface area contributed by atoms with Crippen molar-refractivity contribution in [2.24, 2.45) is 0 Å². The number of hydrogen-bond acceptors (Lipinski definition) is 1. The van der Waals surface area contributed by atoms with E-state index in [4.69, 9.17) is 0 Å². The van der Waals surface area contributed by atoms with Crippen molar-refractivity contribution < 1.29 is 5.11 Å². The van der Waals surface area contributed by atoms with Gasteiger partial charge in [-0.3, -0.25) is 0 Å². The van der Waals surface area contributed by atoms with E-state index in [-0.39, 0.29) is 6.10 Å². The summed E-state index contributed by atoms with van der Waals surface area (Å²) >= 11 is 0. The Kier molecular flexibility index (Phi) is 17.5. The van der Waals surface area contributed by atoms with Crippen LogP contribution in [0.2, 0.25) is 0 Å². The molecule has 1 N–H and O–H groups in total. The lowest BCUT2D eigenvalue weighted by atomic mass is 10.1. The van der Waals surface area contributed by atoms with E-state index in [2.05, 4.69) is 26.0 Å². The molecule has 0 heterocycles. The number of rotatable bonds is 16. The summed E-state index contributed by atoms with van der Waals surface area (Å²) in [6.07, 6.45) is 22.9. The minimum absolute atomic E-state index is 0.119. The molecule has 0 amide bonds. The third-order valence-electron chi connectivity index (χ3n) is 4.09. The van der Waals surface area contributed by atoms with E-state index in [0.717, 1.165) is 19.3 Å². The van der Waals surface area contributed by atoms with Crippen LogP contribution in [-0.4, -0.2) is 11.2 Å². The Morgan fingerprint density at radius 1 is 0.810 bits per heavy atom. The molecular formula is C20H39O. The van der Waals surface area contributed by atoms with Crippen LogP contribution in [0.4, 0.5) is 0 Å². The molecule has 1 radical (unpaired) electrons. The highest BCUT2D eigenvalue weighted by Gasteiger charge is 2.00. The molecule has 0 aromatic rings. The Balaban J connectivity index is 3.20. The lowest BCUT2D eigenvalue weighted by molar-refractivity contribution is 0.163. The van der Waals surface area contributed by atoms with Crippen LogP contribution in [0.5, 0.6) is 0 Å². The Bertz CT molecular complexity index is 210. The van der Waals surface area contributed by atoms with Crippen LogP contribution in [0.15, 0.2) is 12.2 Å². The lowest BCUT2D eigenvalue weighted by Crippen LogP contribution is -2.04. The highest BCUT2D eigenvalue weighted by molar-refractivity contribution is 4.83. The van der Waals surface area contributed by atoms with Crippen molar-refractivity contribution in [3.8, 4) is 0 Å². The molecule has 1 unspecified atom stereocenters. The van der Waals surface area contributed by atoms with E-state index >= 15 is 0 Å². The first kappa shape index (κ1) is 20.7. The maximum Gasteiger partial charge on any atom is 0.0574 e. The molecule has 0 aromatic carbocycles. The SMILES string of the molecule is [CH2]CCCCCCCCCC=CCC(O)CCCCCC. The fourth-order valence-corrected chi connectivity index (χ4v) is 2.62. The van der Waals surface area contributed by atoms with Gasteiger partial charge in [-0.2, -0.15) is 0 Å². The van der Waals surface area contributed by atoms with Crippen molar-refractivity contribution in [1.29, 1.82) is 0 Å². The first-order valence-corrected chi connectivity index (χ1v) is 9.43. The Labute approximate surface area is 134 Å². The van der Waals surface area contributed by atoms with Gasteiger partial charge < -0.3 is 5.11 Å². The van der Waals surface area contributed by atoms with Crippen LogP contribution in [0.3, 0.4) is 0 Å². The first-order chi connectivity index (χ1) is 10.3. The Morgan fingerprint density at radius 3 is 2.10 bits per heavy atom. The average Bonchev–Trinajstić information content (AvgIpc) is 2.49. The number of aliphatic hydroxyl groups is 1. The van der Waals surface area contributed by atoms with Crippen LogP contribution < -0.4 is 0 Å². The van der Waals surface area contributed by atoms with Gasteiger partial charge in [0.2, 0.25) is 0 Å². The minimum Gasteiger partial charge on any atom is -0.393 e. The lowest BCUT2D eigenvalue weighted by Gasteiger charge is -2.07. The maximum atomic E-state index is 9.84. The van der Waals surface area contributed by atoms with Gasteiger partial charge in [0, 0.05) is 0 Å². The van der Waals surface area contributed by atoms with Crippen molar-refractivity contribution in [3.63, 3.8) is 0 Å². The molecule has 0 bridgehead atoms. The fourth-order valence-electron chi connectivity index (χ4n) is 2.62. The largest absolute Gasteiger partial charge is 0.393 e. The van der Waals surface area contributed by atoms with Crippen LogP contribution in [0.1, 0.15) is 103 Å². The molecule has 1 atom stereocenters. The summed E-state index contributed by atoms with van der Waals surface area (Å²) in [5.41, 5.74) is 0. The molecule has 0 rings (SSSR count). The Hall–Kier alpha value is -0.300. The van der Waals surface area contributed by atoms with E-state index in [1.807, 2.05) is 0 Å². The molecular weight excluding hydrogens is 256 g/mol. The van der Waals surface area contributed by atoms with E-state index in [1.165, 1.54) is 77.0 Å². The van der Waals surface area contributed by atoms with Crippen molar-refractivity contribution in [2.45, 2.75) is 109 Å². The highest BCUT2D eigenvalue weighted by Crippen LogP contribution is 2.11. The van der Waals surface area contributed by atoms with Gasteiger partial charge in [0.1, 0.15) is 0 Å². The third kappa shape index (κ3) is 17.6. The topological polar surface area (TPSA) is 20.2 Å². The zero-order chi connectivity index (χ0) is 15.6. The van der Waals surface area contributed by atoms with Crippen molar-refractivity contribution in [2.75, 3.05) is 0 Å². The quantitative estimate of drug-likeness (QED) is 0.251. The summed E-state index contributed by atoms with van der Waals surface area (Å²) in [6, 6.07) is 0. The smallest absolute Gasteiger partial charge is 0.0574 e. The number of aliphatic hydroxyl groups excluding tert-OH is 1. The second-order valence-corrected chi connectivity index (χ2v) is 6.33. The molecule has 0 aromatic heterocycles. The van der Waals surface area contributed by atoms with Gasteiger partial charge in [0.05, 0.1) is 6.10 Å². The predicted molar refractivity (Wildman–Crippen MR) is 95.4 cm³/mol. The molecule has 1 nitrogen and oxygen atoms in total. The number of unbranched alkanes of at least 4 members (excludes halogenated alkanes) is 11. The molecule has 0 spiro atoms. The summed E-state index contributed by atoms with van der Waals surface area (Å²) in [7, 11) is 0. The summed E-state index contributed by atoms with van der Waals surface area (Å²) in [5.74, 6) is 0. The zero-order valence-corrected chi connectivity index (χ0v) is 14.5. The van der Waals surface area contributed by atoms with Crippen molar-refractivity contribution >= 4 is 0 Å². The molecule has 0 aliphatic heterocycles. The second-order valence-electron chi connectivity index (χ2n) is 6.33. The molecule has 21 heavy (non-hydrogen) atoms. The fraction of sp³-hybridized carbons (Fsp3) is 0.850. The van der Waals surface area contributed by atoms with Crippen LogP contribution in [-0.2, 0) is 0 Å². The van der Waals surface area contributed by atoms with Gasteiger partial charge >= 0.3 is 0 Å². The average molecular weight is 296 g/mol. The van der Waals surface area contributed by atoms with Gasteiger partial charge in [-0.25, -0.2) is 0 Å². The maximum absolute atomic E-state index is 9.84. The molecule has 0 saturated heterocycles. The molecule has 0 aliphatic carbocycles. The monoisotopic (exact) mass is 295 g/mol. The van der Waals surface area contributed by atoms with Crippen molar-refractivity contribution in [1.82, 2.24) is 0 Å². The number of allylic oxidation sites excluding steroid dienone is 1. The van der Waals surface area contributed by atoms with Gasteiger partial charge in [0.25, 0.3) is 0 Å². The van der Waals surface area contributed by atoms with E-state index in [1.54, 1.807) is 0 Å². The molecule has 125 valence electrons. The predicted octanol–water partition coefficient (Wildman–Crippen LogP) is 6.61. The molecule has 0 saturated carbocycles. The third-order valence-corrected chi connectivity index (χ3v) is 4.09. The summed E-state index contributed by atoms with van der Waals surface area (Å²) < 4.78 is 0. The molecule has 1 heteroatoms. The summed E-state index contributed by atoms with van der Waals surface area (Å²) in [5, 5.41) is 9.84. The Morgan fingerprint density at radius 2 is 1.43 bits per heavy atom. The van der Waals surface area contributed by atoms with Gasteiger partial charge in [0.15, 0.2) is 0 Å². The summed E-state index contributed by atoms with van der Waals surface area (Å²) in [4.78, 5) is 0. The van der Waals surface area contributed by atoms with Gasteiger partial charge in [-0.05, 0) is 25.7 Å². The van der Waals surface area contributed by atoms with Crippen LogP contribution in [0, 0.1) is 6.92 Å². The highest BCUT2D eigenvalue weighted by atomic mass is 16.3. The summed E-state index contributed by atoms with van der Waals surface area (Å²) in [6.45, 7) is 6.10. The van der Waals surface area contributed by atoms with E-state index in [9.17, 15) is 5.11 Å². The second kappa shape index (κ2) is 17.8. The first-order valence-electron chi connectivity index (χ1n) is 9.43. The van der Waals surface area contributed by atoms with Gasteiger partial charge in [-0.15, -0.1) is 0 Å². The number of hydrogen-bond donors (Lipinski definition) is 1. The van der Waals surface area contributed by atoms with E-state index in [0.29, 0.717) is 0 Å². The van der Waals surface area contributed by atoms with Crippen molar-refractivity contribution in [3.05, 3.63) is 19.1 Å². The van der Waals surface area contributed by atoms with Gasteiger partial charge in [-0.1, -0.05) is 96.6 Å². The van der Waals surface area contributed by atoms with E-state index < -0.39 is 0 Å². The molecule has 0 aliphatic rings. The normalized spacial score (nSPS) is 13.1. The zero-order valence-electron chi connectivity index (χ0n) is 14.5. The van der Waals surface area contributed by atoms with Crippen LogP contribution >= 0.6 is 0 Å². The molecule has 0 fully saturated rings. The minimum atomic E-state index is -0.119. The van der Waals surface area contributed by atoms with Crippen LogP contribution in [0.25, 0.3) is 0 Å². The standard InChI is InChI=1S/C20H39O/c1-3-5-7-9-10-11-12-13-14-15-17-19-20(21)18-16-8-6-4-2/h15,17,20-21H,1,3-14,16,18-19H2,2H3.